The molecular weight excluding hydrogens is 285 g/mol. The van der Waals surface area contributed by atoms with E-state index in [2.05, 4.69) is 15.6 Å². The largest absolute Gasteiger partial charge is 0.444 e. The monoisotopic (exact) mass is 309 g/mol. The zero-order valence-corrected chi connectivity index (χ0v) is 13.5. The van der Waals surface area contributed by atoms with E-state index >= 15 is 0 Å². The summed E-state index contributed by atoms with van der Waals surface area (Å²) in [6.45, 7) is 7.55. The number of carbonyl (C=O) groups excluding carboxylic acids is 1. The van der Waals surface area contributed by atoms with Crippen LogP contribution in [0.5, 0.6) is 0 Å². The summed E-state index contributed by atoms with van der Waals surface area (Å²) in [5.74, 6) is -0.338. The first-order valence-electron chi connectivity index (χ1n) is 7.65. The highest BCUT2D eigenvalue weighted by Gasteiger charge is 2.40. The van der Waals surface area contributed by atoms with Crippen LogP contribution in [0.25, 0.3) is 0 Å². The van der Waals surface area contributed by atoms with Crippen molar-refractivity contribution in [1.29, 1.82) is 0 Å². The molecule has 0 spiro atoms. The molecule has 2 N–H and O–H groups in total. The Morgan fingerprint density at radius 1 is 1.45 bits per heavy atom. The first kappa shape index (κ1) is 16.7. The number of amides is 1. The van der Waals surface area contributed by atoms with Gasteiger partial charge in [-0.3, -0.25) is 4.98 Å². The van der Waals surface area contributed by atoms with Crippen molar-refractivity contribution in [1.82, 2.24) is 15.6 Å². The third-order valence-corrected chi connectivity index (χ3v) is 3.42. The van der Waals surface area contributed by atoms with Gasteiger partial charge in [-0.25, -0.2) is 9.18 Å². The normalized spacial score (nSPS) is 22.0. The predicted molar refractivity (Wildman–Crippen MR) is 81.9 cm³/mol. The van der Waals surface area contributed by atoms with Crippen LogP contribution < -0.4 is 10.6 Å². The van der Waals surface area contributed by atoms with E-state index in [-0.39, 0.29) is 23.9 Å². The maximum absolute atomic E-state index is 12.9. The van der Waals surface area contributed by atoms with Crippen molar-refractivity contribution in [2.75, 3.05) is 0 Å². The van der Waals surface area contributed by atoms with Gasteiger partial charge in [-0.1, -0.05) is 6.92 Å². The minimum atomic E-state index is -0.494. The Morgan fingerprint density at radius 3 is 2.73 bits per heavy atom. The van der Waals surface area contributed by atoms with Crippen LogP contribution in [0.15, 0.2) is 18.3 Å². The molecule has 1 aromatic heterocycles. The Kier molecular flexibility index (Phi) is 5.01. The fourth-order valence-corrected chi connectivity index (χ4v) is 2.26. The summed E-state index contributed by atoms with van der Waals surface area (Å²) in [5.41, 5.74) is 0.318. The molecule has 0 bridgehead atoms. The molecule has 1 fully saturated rings. The Morgan fingerprint density at radius 2 is 2.18 bits per heavy atom. The van der Waals surface area contributed by atoms with Gasteiger partial charge >= 0.3 is 6.09 Å². The number of hydrogen-bond acceptors (Lipinski definition) is 4. The molecule has 5 nitrogen and oxygen atoms in total. The van der Waals surface area contributed by atoms with Crippen LogP contribution in [-0.4, -0.2) is 28.8 Å². The summed E-state index contributed by atoms with van der Waals surface area (Å²) in [6, 6.07) is 3.43. The minimum absolute atomic E-state index is 0.0519. The molecule has 0 aromatic carbocycles. The number of carbonyl (C=O) groups is 1. The summed E-state index contributed by atoms with van der Waals surface area (Å²) in [7, 11) is 0. The Balaban J connectivity index is 1.82. The molecule has 1 saturated carbocycles. The van der Waals surface area contributed by atoms with E-state index in [1.807, 2.05) is 27.7 Å². The highest BCUT2D eigenvalue weighted by Crippen LogP contribution is 2.26. The van der Waals surface area contributed by atoms with Gasteiger partial charge in [-0.2, -0.15) is 0 Å². The van der Waals surface area contributed by atoms with E-state index in [9.17, 15) is 9.18 Å². The summed E-state index contributed by atoms with van der Waals surface area (Å²) in [5, 5.41) is 6.29. The van der Waals surface area contributed by atoms with Gasteiger partial charge in [0.25, 0.3) is 0 Å². The first-order valence-corrected chi connectivity index (χ1v) is 7.65. The van der Waals surface area contributed by atoms with Gasteiger partial charge in [-0.05, 0) is 45.7 Å². The van der Waals surface area contributed by atoms with E-state index < -0.39 is 11.7 Å². The third-order valence-electron chi connectivity index (χ3n) is 3.42. The number of hydrogen-bond donors (Lipinski definition) is 2. The van der Waals surface area contributed by atoms with Crippen molar-refractivity contribution in [3.8, 4) is 0 Å². The van der Waals surface area contributed by atoms with Crippen LogP contribution in [-0.2, 0) is 4.74 Å². The van der Waals surface area contributed by atoms with E-state index in [0.29, 0.717) is 0 Å². The summed E-state index contributed by atoms with van der Waals surface area (Å²) in [6.07, 6.45) is 2.53. The molecule has 0 saturated heterocycles. The predicted octanol–water partition coefficient (Wildman–Crippen LogP) is 2.93. The van der Waals surface area contributed by atoms with Gasteiger partial charge in [-0.15, -0.1) is 0 Å². The topological polar surface area (TPSA) is 63.2 Å². The molecule has 3 atom stereocenters. The van der Waals surface area contributed by atoms with Crippen LogP contribution in [0, 0.1) is 5.82 Å². The van der Waals surface area contributed by atoms with Crippen molar-refractivity contribution in [2.45, 2.75) is 64.3 Å². The van der Waals surface area contributed by atoms with Crippen molar-refractivity contribution < 1.29 is 13.9 Å². The van der Waals surface area contributed by atoms with Gasteiger partial charge in [0.05, 0.1) is 11.9 Å². The zero-order chi connectivity index (χ0) is 16.3. The van der Waals surface area contributed by atoms with E-state index in [1.54, 1.807) is 6.07 Å². The van der Waals surface area contributed by atoms with Crippen molar-refractivity contribution in [3.05, 3.63) is 29.8 Å². The fourth-order valence-electron chi connectivity index (χ4n) is 2.26. The Bertz CT molecular complexity index is 513. The number of pyridine rings is 1. The zero-order valence-electron chi connectivity index (χ0n) is 13.5. The second kappa shape index (κ2) is 6.60. The lowest BCUT2D eigenvalue weighted by molar-refractivity contribution is 0.0522. The van der Waals surface area contributed by atoms with E-state index in [1.165, 1.54) is 12.3 Å². The number of halogens is 1. The van der Waals surface area contributed by atoms with Crippen molar-refractivity contribution in [3.63, 3.8) is 0 Å². The second-order valence-corrected chi connectivity index (χ2v) is 6.62. The van der Waals surface area contributed by atoms with Gasteiger partial charge in [0.2, 0.25) is 0 Å². The quantitative estimate of drug-likeness (QED) is 0.878. The molecular formula is C16H24FN3O2. The van der Waals surface area contributed by atoms with E-state index in [4.69, 9.17) is 4.74 Å². The number of rotatable bonds is 5. The number of ether oxygens (including phenoxy) is 1. The summed E-state index contributed by atoms with van der Waals surface area (Å²) in [4.78, 5) is 15.8. The maximum atomic E-state index is 12.9. The SMILES string of the molecule is CCC(NC1CC1NC(=O)OC(C)(C)C)c1ccc(F)cn1. The fraction of sp³-hybridized carbons (Fsp3) is 0.625. The highest BCUT2D eigenvalue weighted by molar-refractivity contribution is 5.68. The smallest absolute Gasteiger partial charge is 0.407 e. The maximum Gasteiger partial charge on any atom is 0.407 e. The van der Waals surface area contributed by atoms with Crippen LogP contribution >= 0.6 is 0 Å². The molecule has 0 radical (unpaired) electrons. The molecule has 6 heteroatoms. The molecule has 1 aliphatic carbocycles. The molecule has 122 valence electrons. The first-order chi connectivity index (χ1) is 10.3. The highest BCUT2D eigenvalue weighted by atomic mass is 19.1. The number of alkyl carbamates (subject to hydrolysis) is 1. The van der Waals surface area contributed by atoms with Crippen LogP contribution in [0.2, 0.25) is 0 Å². The van der Waals surface area contributed by atoms with Crippen LogP contribution in [0.1, 0.15) is 52.3 Å². The van der Waals surface area contributed by atoms with Gasteiger partial charge in [0, 0.05) is 18.1 Å². The average Bonchev–Trinajstić information content (AvgIpc) is 3.12. The minimum Gasteiger partial charge on any atom is -0.444 e. The molecule has 0 aliphatic heterocycles. The average molecular weight is 309 g/mol. The van der Waals surface area contributed by atoms with Gasteiger partial charge < -0.3 is 15.4 Å². The molecule has 1 aliphatic rings. The van der Waals surface area contributed by atoms with Crippen LogP contribution in [0.3, 0.4) is 0 Å². The van der Waals surface area contributed by atoms with Gasteiger partial charge in [0.15, 0.2) is 0 Å². The molecule has 22 heavy (non-hydrogen) atoms. The molecule has 1 aromatic rings. The summed E-state index contributed by atoms with van der Waals surface area (Å²) >= 11 is 0. The number of nitrogens with one attached hydrogen (secondary N) is 2. The van der Waals surface area contributed by atoms with E-state index in [0.717, 1.165) is 18.5 Å². The molecule has 1 heterocycles. The van der Waals surface area contributed by atoms with Crippen LogP contribution in [0.4, 0.5) is 9.18 Å². The second-order valence-electron chi connectivity index (χ2n) is 6.62. The van der Waals surface area contributed by atoms with Crippen molar-refractivity contribution in [2.24, 2.45) is 0 Å². The standard InChI is InChI=1S/C16H24FN3O2/c1-5-11(12-7-6-10(17)9-18-12)19-13-8-14(13)20-15(21)22-16(2,3)4/h6-7,9,11,13-14,19H,5,8H2,1-4H3,(H,20,21). The number of aromatic nitrogens is 1. The number of nitrogens with zero attached hydrogens (tertiary/aromatic N) is 1. The molecule has 2 rings (SSSR count). The lowest BCUT2D eigenvalue weighted by atomic mass is 10.1. The van der Waals surface area contributed by atoms with Crippen molar-refractivity contribution >= 4 is 6.09 Å². The lowest BCUT2D eigenvalue weighted by Crippen LogP contribution is -2.37. The third kappa shape index (κ3) is 4.94. The Labute approximate surface area is 130 Å². The molecule has 1 amide bonds. The Hall–Kier alpha value is -1.69. The lowest BCUT2D eigenvalue weighted by Gasteiger charge is -2.20. The summed E-state index contributed by atoms with van der Waals surface area (Å²) < 4.78 is 18.2. The van der Waals surface area contributed by atoms with Gasteiger partial charge in [0.1, 0.15) is 11.4 Å². The molecule has 3 unspecified atom stereocenters.